The molecule has 2 aliphatic rings. The largest absolute Gasteiger partial charge is 0.379 e. The lowest BCUT2D eigenvalue weighted by Gasteiger charge is -2.31. The first-order valence-corrected chi connectivity index (χ1v) is 12.7. The van der Waals surface area contributed by atoms with Crippen molar-refractivity contribution >= 4 is 29.5 Å². The van der Waals surface area contributed by atoms with Gasteiger partial charge in [-0.05, 0) is 58.1 Å². The van der Waals surface area contributed by atoms with Crippen LogP contribution in [0.1, 0.15) is 75.7 Å². The first-order chi connectivity index (χ1) is 15.5. The summed E-state index contributed by atoms with van der Waals surface area (Å²) in [7, 11) is 0. The Balaban J connectivity index is 1.70. The lowest BCUT2D eigenvalue weighted by atomic mass is 9.98. The number of nitrogens with zero attached hydrogens (tertiary/aromatic N) is 1. The molecule has 2 aliphatic heterocycles. The number of nitrogens with one attached hydrogen (secondary N) is 2. The smallest absolute Gasteiger partial charge is 0.256 e. The molecule has 0 spiro atoms. The molecule has 3 amide bonds. The Morgan fingerprint density at radius 3 is 2.55 bits per heavy atom. The van der Waals surface area contributed by atoms with Gasteiger partial charge in [0.15, 0.2) is 0 Å². The van der Waals surface area contributed by atoms with E-state index in [9.17, 15) is 14.4 Å². The van der Waals surface area contributed by atoms with Crippen LogP contribution in [-0.2, 0) is 14.3 Å². The molecular formula is C25H37N3O4S. The maximum atomic E-state index is 13.5. The van der Waals surface area contributed by atoms with E-state index in [1.54, 1.807) is 16.7 Å². The molecule has 33 heavy (non-hydrogen) atoms. The summed E-state index contributed by atoms with van der Waals surface area (Å²) in [5.74, 6) is -0.372. The molecule has 2 N–H and O–H groups in total. The minimum Gasteiger partial charge on any atom is -0.379 e. The van der Waals surface area contributed by atoms with Crippen molar-refractivity contribution in [2.75, 3.05) is 13.2 Å². The van der Waals surface area contributed by atoms with Gasteiger partial charge >= 0.3 is 0 Å². The molecular weight excluding hydrogens is 438 g/mol. The first-order valence-electron chi connectivity index (χ1n) is 11.8. The molecule has 0 bridgehead atoms. The van der Waals surface area contributed by atoms with Crippen LogP contribution < -0.4 is 10.6 Å². The molecule has 1 saturated heterocycles. The zero-order valence-electron chi connectivity index (χ0n) is 20.5. The van der Waals surface area contributed by atoms with Crippen LogP contribution in [0.4, 0.5) is 0 Å². The average molecular weight is 476 g/mol. The number of hydrogen-bond donors (Lipinski definition) is 2. The van der Waals surface area contributed by atoms with Crippen LogP contribution in [0.3, 0.4) is 0 Å². The Hall–Kier alpha value is -2.06. The number of benzene rings is 1. The SMILES string of the molecule is CC(C)C[C@H](NC(=O)[C@H]1N2C(=O)c3ccccc3C2SC1(C)C)C(=O)NCCCOC(C)C. The monoisotopic (exact) mass is 475 g/mol. The molecule has 2 heterocycles. The second-order valence-electron chi connectivity index (χ2n) is 10.0. The van der Waals surface area contributed by atoms with Crippen molar-refractivity contribution in [3.05, 3.63) is 35.4 Å². The summed E-state index contributed by atoms with van der Waals surface area (Å²) >= 11 is 1.62. The summed E-state index contributed by atoms with van der Waals surface area (Å²) in [6, 6.07) is 6.23. The molecule has 1 unspecified atom stereocenters. The van der Waals surface area contributed by atoms with Gasteiger partial charge in [-0.15, -0.1) is 11.8 Å². The Bertz CT molecular complexity index is 886. The van der Waals surface area contributed by atoms with E-state index in [2.05, 4.69) is 10.6 Å². The van der Waals surface area contributed by atoms with Crippen molar-refractivity contribution in [2.24, 2.45) is 5.92 Å². The van der Waals surface area contributed by atoms with E-state index in [1.165, 1.54) is 0 Å². The van der Waals surface area contributed by atoms with Gasteiger partial charge in [-0.2, -0.15) is 0 Å². The number of hydrogen-bond acceptors (Lipinski definition) is 5. The summed E-state index contributed by atoms with van der Waals surface area (Å²) in [5.41, 5.74) is 1.61. The van der Waals surface area contributed by atoms with Gasteiger partial charge in [0, 0.05) is 23.5 Å². The molecule has 0 radical (unpaired) electrons. The van der Waals surface area contributed by atoms with Gasteiger partial charge in [0.05, 0.1) is 6.10 Å². The van der Waals surface area contributed by atoms with Crippen molar-refractivity contribution in [1.29, 1.82) is 0 Å². The summed E-state index contributed by atoms with van der Waals surface area (Å²) in [5, 5.41) is 5.72. The van der Waals surface area contributed by atoms with Crippen LogP contribution >= 0.6 is 11.8 Å². The number of carbonyl (C=O) groups is 3. The van der Waals surface area contributed by atoms with Crippen molar-refractivity contribution in [2.45, 2.75) is 82.7 Å². The molecule has 0 saturated carbocycles. The maximum absolute atomic E-state index is 13.5. The van der Waals surface area contributed by atoms with E-state index in [1.807, 2.05) is 65.8 Å². The standard InChI is InChI=1S/C25H37N3O4S/c1-15(2)14-19(21(29)26-12-9-13-32-16(3)4)27-22(30)20-25(5,6)33-24-18-11-8-7-10-17(18)23(31)28(20)24/h7-8,10-11,15-16,19-20,24H,9,12-14H2,1-6H3,(H,26,29)(H,27,30)/t19-,20+,24?/m0/s1. The molecule has 8 heteroatoms. The van der Waals surface area contributed by atoms with Crippen LogP contribution in [0.25, 0.3) is 0 Å². The summed E-state index contributed by atoms with van der Waals surface area (Å²) in [4.78, 5) is 41.3. The van der Waals surface area contributed by atoms with Gasteiger partial charge < -0.3 is 20.3 Å². The van der Waals surface area contributed by atoms with Crippen LogP contribution in [0.5, 0.6) is 0 Å². The van der Waals surface area contributed by atoms with Crippen LogP contribution in [-0.4, -0.2) is 58.7 Å². The van der Waals surface area contributed by atoms with Gasteiger partial charge in [0.2, 0.25) is 11.8 Å². The summed E-state index contributed by atoms with van der Waals surface area (Å²) < 4.78 is 5.04. The van der Waals surface area contributed by atoms with E-state index in [-0.39, 0.29) is 35.1 Å². The van der Waals surface area contributed by atoms with Crippen molar-refractivity contribution in [3.63, 3.8) is 0 Å². The molecule has 0 aliphatic carbocycles. The number of carbonyl (C=O) groups excluding carboxylic acids is 3. The Morgan fingerprint density at radius 1 is 1.18 bits per heavy atom. The van der Waals surface area contributed by atoms with Gasteiger partial charge in [-0.3, -0.25) is 14.4 Å². The topological polar surface area (TPSA) is 87.7 Å². The molecule has 0 aromatic heterocycles. The highest BCUT2D eigenvalue weighted by atomic mass is 32.2. The van der Waals surface area contributed by atoms with Crippen LogP contribution in [0.2, 0.25) is 0 Å². The van der Waals surface area contributed by atoms with Gasteiger partial charge in [0.1, 0.15) is 17.5 Å². The van der Waals surface area contributed by atoms with E-state index in [0.29, 0.717) is 31.6 Å². The fourth-order valence-corrected chi connectivity index (χ4v) is 6.07. The molecule has 7 nitrogen and oxygen atoms in total. The van der Waals surface area contributed by atoms with E-state index < -0.39 is 16.8 Å². The molecule has 1 aromatic rings. The first kappa shape index (κ1) is 25.6. The molecule has 182 valence electrons. The third kappa shape index (κ3) is 5.72. The summed E-state index contributed by atoms with van der Waals surface area (Å²) in [6.07, 6.45) is 1.39. The molecule has 3 atom stereocenters. The number of thioether (sulfide) groups is 1. The highest BCUT2D eigenvalue weighted by molar-refractivity contribution is 8.01. The Labute approximate surface area is 201 Å². The van der Waals surface area contributed by atoms with Gasteiger partial charge in [-0.1, -0.05) is 32.0 Å². The van der Waals surface area contributed by atoms with Crippen molar-refractivity contribution in [3.8, 4) is 0 Å². The van der Waals surface area contributed by atoms with Gasteiger partial charge in [-0.25, -0.2) is 0 Å². The minimum atomic E-state index is -0.658. The number of rotatable bonds is 10. The Morgan fingerprint density at radius 2 is 1.88 bits per heavy atom. The minimum absolute atomic E-state index is 0.121. The van der Waals surface area contributed by atoms with E-state index in [4.69, 9.17) is 4.74 Å². The number of ether oxygens (including phenoxy) is 1. The van der Waals surface area contributed by atoms with Crippen molar-refractivity contribution < 1.29 is 19.1 Å². The van der Waals surface area contributed by atoms with E-state index >= 15 is 0 Å². The zero-order chi connectivity index (χ0) is 24.3. The van der Waals surface area contributed by atoms with Gasteiger partial charge in [0.25, 0.3) is 5.91 Å². The van der Waals surface area contributed by atoms with Crippen molar-refractivity contribution in [1.82, 2.24) is 15.5 Å². The fourth-order valence-electron chi connectivity index (χ4n) is 4.48. The maximum Gasteiger partial charge on any atom is 0.256 e. The molecule has 1 aromatic carbocycles. The third-order valence-corrected chi connectivity index (χ3v) is 7.49. The average Bonchev–Trinajstić information content (AvgIpc) is 3.16. The lowest BCUT2D eigenvalue weighted by Crippen LogP contribution is -2.57. The predicted molar refractivity (Wildman–Crippen MR) is 131 cm³/mol. The predicted octanol–water partition coefficient (Wildman–Crippen LogP) is 3.50. The second-order valence-corrected chi connectivity index (χ2v) is 11.8. The zero-order valence-corrected chi connectivity index (χ0v) is 21.3. The van der Waals surface area contributed by atoms with Crippen LogP contribution in [0.15, 0.2) is 24.3 Å². The lowest BCUT2D eigenvalue weighted by molar-refractivity contribution is -0.132. The summed E-state index contributed by atoms with van der Waals surface area (Å²) in [6.45, 7) is 13.0. The third-order valence-electron chi connectivity index (χ3n) is 5.96. The quantitative estimate of drug-likeness (QED) is 0.506. The normalized spacial score (nSPS) is 21.8. The number of fused-ring (bicyclic) bond motifs is 3. The highest BCUT2D eigenvalue weighted by Gasteiger charge is 2.57. The molecule has 1 fully saturated rings. The molecule has 3 rings (SSSR count). The second kappa shape index (κ2) is 10.5. The van der Waals surface area contributed by atoms with E-state index in [0.717, 1.165) is 5.56 Å². The number of amides is 3. The van der Waals surface area contributed by atoms with Crippen LogP contribution in [0, 0.1) is 5.92 Å². The Kier molecular flexibility index (Phi) is 8.11. The highest BCUT2D eigenvalue weighted by Crippen LogP contribution is 2.56. The fraction of sp³-hybridized carbons (Fsp3) is 0.640.